The highest BCUT2D eigenvalue weighted by Crippen LogP contribution is 2.11. The van der Waals surface area contributed by atoms with Crippen LogP contribution >= 0.6 is 0 Å². The minimum atomic E-state index is -0.0552. The molecule has 0 atom stereocenters. The van der Waals surface area contributed by atoms with Crippen LogP contribution in [0.25, 0.3) is 0 Å². The molecule has 1 rings (SSSR count). The number of ether oxygens (including phenoxy) is 1. The Balaban J connectivity index is 2.64. The molecule has 0 saturated carbocycles. The van der Waals surface area contributed by atoms with E-state index in [0.29, 0.717) is 6.42 Å². The van der Waals surface area contributed by atoms with E-state index in [1.807, 2.05) is 38.1 Å². The van der Waals surface area contributed by atoms with Crippen molar-refractivity contribution in [3.05, 3.63) is 29.8 Å². The Hall–Kier alpha value is -1.84. The van der Waals surface area contributed by atoms with Crippen LogP contribution < -0.4 is 10.2 Å². The molecule has 0 aliphatic heterocycles. The largest absolute Gasteiger partial charge is 0.497 e. The lowest BCUT2D eigenvalue weighted by Gasteiger charge is -2.03. The fourth-order valence-corrected chi connectivity index (χ4v) is 1.33. The van der Waals surface area contributed by atoms with E-state index in [1.165, 1.54) is 0 Å². The molecule has 1 aromatic rings. The van der Waals surface area contributed by atoms with Crippen molar-refractivity contribution in [2.45, 2.75) is 26.7 Å². The van der Waals surface area contributed by atoms with E-state index in [2.05, 4.69) is 10.5 Å². The number of hydrogen-bond donors (Lipinski definition) is 1. The fraction of sp³-hybridized carbons (Fsp3) is 0.385. The summed E-state index contributed by atoms with van der Waals surface area (Å²) in [6.07, 6.45) is 1.32. The molecule has 1 N–H and O–H groups in total. The van der Waals surface area contributed by atoms with Crippen LogP contribution in [-0.2, 0) is 4.79 Å². The number of nitrogens with zero attached hydrogens (tertiary/aromatic N) is 1. The van der Waals surface area contributed by atoms with Crippen molar-refractivity contribution >= 4 is 11.6 Å². The van der Waals surface area contributed by atoms with Crippen LogP contribution in [0.1, 0.15) is 32.3 Å². The smallest absolute Gasteiger partial charge is 0.240 e. The highest BCUT2D eigenvalue weighted by Gasteiger charge is 2.00. The van der Waals surface area contributed by atoms with Gasteiger partial charge in [-0.05, 0) is 43.2 Å². The molecular weight excluding hydrogens is 216 g/mol. The van der Waals surface area contributed by atoms with Gasteiger partial charge in [0.05, 0.1) is 12.8 Å². The topological polar surface area (TPSA) is 50.7 Å². The van der Waals surface area contributed by atoms with E-state index >= 15 is 0 Å². The molecule has 0 saturated heterocycles. The first-order valence-corrected chi connectivity index (χ1v) is 5.65. The average molecular weight is 234 g/mol. The van der Waals surface area contributed by atoms with Crippen molar-refractivity contribution in [3.63, 3.8) is 0 Å². The monoisotopic (exact) mass is 234 g/mol. The summed E-state index contributed by atoms with van der Waals surface area (Å²) < 4.78 is 5.07. The summed E-state index contributed by atoms with van der Waals surface area (Å²) >= 11 is 0. The van der Waals surface area contributed by atoms with Gasteiger partial charge in [0.15, 0.2) is 0 Å². The standard InChI is InChI=1S/C13H18N2O2/c1-4-5-13(16)15-14-10(2)11-6-8-12(17-3)9-7-11/h6-9H,4-5H2,1-3H3,(H,15,16)/b14-10+. The quantitative estimate of drug-likeness (QED) is 0.628. The van der Waals surface area contributed by atoms with Crippen molar-refractivity contribution < 1.29 is 9.53 Å². The van der Waals surface area contributed by atoms with Crippen LogP contribution in [0.4, 0.5) is 0 Å². The van der Waals surface area contributed by atoms with Gasteiger partial charge < -0.3 is 4.74 Å². The summed E-state index contributed by atoms with van der Waals surface area (Å²) in [7, 11) is 1.63. The first kappa shape index (κ1) is 13.2. The summed E-state index contributed by atoms with van der Waals surface area (Å²) in [5.74, 6) is 0.747. The third kappa shape index (κ3) is 4.26. The van der Waals surface area contributed by atoms with Crippen LogP contribution in [0.15, 0.2) is 29.4 Å². The molecule has 1 aromatic carbocycles. The number of benzene rings is 1. The Morgan fingerprint density at radius 3 is 2.53 bits per heavy atom. The molecule has 4 nitrogen and oxygen atoms in total. The summed E-state index contributed by atoms with van der Waals surface area (Å²) in [5, 5.41) is 4.04. The lowest BCUT2D eigenvalue weighted by molar-refractivity contribution is -0.121. The zero-order chi connectivity index (χ0) is 12.7. The van der Waals surface area contributed by atoms with Crippen molar-refractivity contribution in [2.24, 2.45) is 5.10 Å². The molecule has 0 heterocycles. The zero-order valence-electron chi connectivity index (χ0n) is 10.5. The normalized spacial score (nSPS) is 11.1. The molecule has 4 heteroatoms. The molecule has 0 radical (unpaired) electrons. The Bertz CT molecular complexity index is 396. The third-order valence-electron chi connectivity index (χ3n) is 2.33. The van der Waals surface area contributed by atoms with Gasteiger partial charge in [-0.3, -0.25) is 4.79 Å². The zero-order valence-corrected chi connectivity index (χ0v) is 10.5. The third-order valence-corrected chi connectivity index (χ3v) is 2.33. The predicted molar refractivity (Wildman–Crippen MR) is 68.3 cm³/mol. The SMILES string of the molecule is CCCC(=O)N/N=C(\C)c1ccc(OC)cc1. The second kappa shape index (κ2) is 6.68. The molecule has 0 spiro atoms. The maximum Gasteiger partial charge on any atom is 0.240 e. The average Bonchev–Trinajstić information content (AvgIpc) is 2.36. The van der Waals surface area contributed by atoms with E-state index < -0.39 is 0 Å². The maximum absolute atomic E-state index is 11.2. The molecule has 92 valence electrons. The first-order chi connectivity index (χ1) is 8.17. The molecule has 0 aliphatic rings. The summed E-state index contributed by atoms with van der Waals surface area (Å²) in [6, 6.07) is 7.54. The maximum atomic E-state index is 11.2. The van der Waals surface area contributed by atoms with Crippen molar-refractivity contribution in [2.75, 3.05) is 7.11 Å². The van der Waals surface area contributed by atoms with Crippen molar-refractivity contribution in [3.8, 4) is 5.75 Å². The van der Waals surface area contributed by atoms with Gasteiger partial charge in [0.25, 0.3) is 0 Å². The first-order valence-electron chi connectivity index (χ1n) is 5.65. The Morgan fingerprint density at radius 1 is 1.35 bits per heavy atom. The number of rotatable bonds is 5. The number of carbonyl (C=O) groups is 1. The predicted octanol–water partition coefficient (Wildman–Crippen LogP) is 2.34. The van der Waals surface area contributed by atoms with Crippen LogP contribution in [0.3, 0.4) is 0 Å². The van der Waals surface area contributed by atoms with Crippen LogP contribution in [0.5, 0.6) is 5.75 Å². The van der Waals surface area contributed by atoms with E-state index in [-0.39, 0.29) is 5.91 Å². The van der Waals surface area contributed by atoms with Crippen LogP contribution in [-0.4, -0.2) is 18.7 Å². The van der Waals surface area contributed by atoms with E-state index in [1.54, 1.807) is 7.11 Å². The number of nitrogens with one attached hydrogen (secondary N) is 1. The second-order valence-corrected chi connectivity index (χ2v) is 3.71. The lowest BCUT2D eigenvalue weighted by Crippen LogP contribution is -2.18. The highest BCUT2D eigenvalue weighted by molar-refractivity contribution is 5.99. The van der Waals surface area contributed by atoms with Gasteiger partial charge in [-0.25, -0.2) is 5.43 Å². The molecule has 1 amide bonds. The molecule has 0 unspecified atom stereocenters. The number of hydrogen-bond acceptors (Lipinski definition) is 3. The number of hydrazone groups is 1. The van der Waals surface area contributed by atoms with Gasteiger partial charge in [0.2, 0.25) is 5.91 Å². The van der Waals surface area contributed by atoms with Gasteiger partial charge in [0.1, 0.15) is 5.75 Å². The van der Waals surface area contributed by atoms with Gasteiger partial charge >= 0.3 is 0 Å². The molecule has 0 aromatic heterocycles. The van der Waals surface area contributed by atoms with Gasteiger partial charge in [0, 0.05) is 6.42 Å². The molecule has 0 fully saturated rings. The summed E-state index contributed by atoms with van der Waals surface area (Å²) in [5.41, 5.74) is 4.26. The summed E-state index contributed by atoms with van der Waals surface area (Å²) in [4.78, 5) is 11.2. The van der Waals surface area contributed by atoms with E-state index in [9.17, 15) is 4.79 Å². The highest BCUT2D eigenvalue weighted by atomic mass is 16.5. The molecular formula is C13H18N2O2. The Labute approximate surface area is 102 Å². The minimum absolute atomic E-state index is 0.0552. The van der Waals surface area contributed by atoms with E-state index in [0.717, 1.165) is 23.4 Å². The fourth-order valence-electron chi connectivity index (χ4n) is 1.33. The summed E-state index contributed by atoms with van der Waals surface area (Å²) in [6.45, 7) is 3.81. The number of carbonyl (C=O) groups excluding carboxylic acids is 1. The van der Waals surface area contributed by atoms with Crippen LogP contribution in [0, 0.1) is 0 Å². The molecule has 0 bridgehead atoms. The van der Waals surface area contributed by atoms with Crippen molar-refractivity contribution in [1.29, 1.82) is 0 Å². The van der Waals surface area contributed by atoms with Crippen molar-refractivity contribution in [1.82, 2.24) is 5.43 Å². The second-order valence-electron chi connectivity index (χ2n) is 3.71. The van der Waals surface area contributed by atoms with E-state index in [4.69, 9.17) is 4.74 Å². The van der Waals surface area contributed by atoms with Gasteiger partial charge in [-0.2, -0.15) is 5.10 Å². The molecule has 0 aliphatic carbocycles. The molecule has 17 heavy (non-hydrogen) atoms. The Morgan fingerprint density at radius 2 is 2.00 bits per heavy atom. The number of methoxy groups -OCH3 is 1. The van der Waals surface area contributed by atoms with Gasteiger partial charge in [-0.15, -0.1) is 0 Å². The number of amides is 1. The Kier molecular flexibility index (Phi) is 5.20. The van der Waals surface area contributed by atoms with Crippen LogP contribution in [0.2, 0.25) is 0 Å². The lowest BCUT2D eigenvalue weighted by atomic mass is 10.1. The van der Waals surface area contributed by atoms with Gasteiger partial charge in [-0.1, -0.05) is 6.92 Å². The minimum Gasteiger partial charge on any atom is -0.497 e.